The molecule has 3 N–H and O–H groups in total. The number of benzene rings is 3. The maximum atomic E-state index is 15.9. The molecule has 1 aliphatic carbocycles. The Morgan fingerprint density at radius 1 is 0.736 bits per heavy atom. The van der Waals surface area contributed by atoms with E-state index in [9.17, 15) is 39.3 Å². The molecular weight excluding hydrogens is 691 g/mol. The van der Waals surface area contributed by atoms with Crippen LogP contribution in [0.4, 0.5) is 4.39 Å². The molecule has 280 valence electrons. The van der Waals surface area contributed by atoms with Gasteiger partial charge in [-0.3, -0.25) is 4.79 Å². The summed E-state index contributed by atoms with van der Waals surface area (Å²) in [6.07, 6.45) is 2.30. The number of methoxy groups -OCH3 is 1. The molecule has 0 aliphatic heterocycles. The number of aromatic carboxylic acids is 1. The van der Waals surface area contributed by atoms with Gasteiger partial charge in [0.25, 0.3) is 0 Å². The van der Waals surface area contributed by atoms with Crippen LogP contribution in [0.15, 0.2) is 29.6 Å². The smallest absolute Gasteiger partial charge is 0.356 e. The summed E-state index contributed by atoms with van der Waals surface area (Å²) in [5.74, 6) is -7.45. The summed E-state index contributed by atoms with van der Waals surface area (Å²) in [5.41, 5.74) is -0.891. The number of ketones is 1. The molecule has 0 aromatic heterocycles. The summed E-state index contributed by atoms with van der Waals surface area (Å²) in [7, 11) is 1.15. The number of carboxylic acids is 1. The van der Waals surface area contributed by atoms with Crippen molar-refractivity contribution in [3.05, 3.63) is 102 Å². The largest absolute Gasteiger partial charge is 0.507 e. The van der Waals surface area contributed by atoms with Crippen LogP contribution in [0.25, 0.3) is 0 Å². The van der Waals surface area contributed by atoms with Gasteiger partial charge in [0, 0.05) is 17.2 Å². The average molecular weight is 733 g/mol. The Kier molecular flexibility index (Phi) is 11.1. The molecule has 0 saturated carbocycles. The van der Waals surface area contributed by atoms with Gasteiger partial charge in [-0.1, -0.05) is 6.92 Å². The van der Waals surface area contributed by atoms with E-state index in [0.717, 1.165) is 19.3 Å². The number of carbonyl (C=O) groups is 5. The molecule has 0 amide bonds. The van der Waals surface area contributed by atoms with E-state index < -0.39 is 58.3 Å². The van der Waals surface area contributed by atoms with Crippen LogP contribution >= 0.6 is 0 Å². The van der Waals surface area contributed by atoms with E-state index in [1.807, 2.05) is 0 Å². The van der Waals surface area contributed by atoms with Crippen LogP contribution in [0.3, 0.4) is 0 Å². The zero-order chi connectivity index (χ0) is 40.0. The van der Waals surface area contributed by atoms with Crippen molar-refractivity contribution in [3.63, 3.8) is 0 Å². The molecule has 53 heavy (non-hydrogen) atoms. The molecule has 0 spiro atoms. The van der Waals surface area contributed by atoms with Crippen molar-refractivity contribution in [1.82, 2.24) is 0 Å². The molecule has 3 aromatic carbocycles. The molecule has 1 aliphatic rings. The summed E-state index contributed by atoms with van der Waals surface area (Å²) < 4.78 is 37.8. The first-order valence-electron chi connectivity index (χ1n) is 16.5. The SMILES string of the molecule is CCc1c(C)c(C(=O)O)c(C)c(C)c1OC(=O)c1c(C)cc(OC(=O)c2c(C)c(C)c(OC(=O)[C@@]3(O)C(C)=CC(=O)C=C3OC)c(F)c2C)c(C)c1O. The van der Waals surface area contributed by atoms with Crippen molar-refractivity contribution < 1.29 is 62.6 Å². The lowest BCUT2D eigenvalue weighted by Crippen LogP contribution is -2.47. The van der Waals surface area contributed by atoms with Gasteiger partial charge in [0.05, 0.1) is 18.2 Å². The van der Waals surface area contributed by atoms with Crippen LogP contribution in [0.1, 0.15) is 95.0 Å². The minimum Gasteiger partial charge on any atom is -0.507 e. The Hall–Kier alpha value is -5.82. The van der Waals surface area contributed by atoms with E-state index >= 15 is 4.39 Å². The fourth-order valence-electron chi connectivity index (χ4n) is 6.53. The van der Waals surface area contributed by atoms with Crippen LogP contribution in [0.5, 0.6) is 23.0 Å². The number of rotatable bonds is 9. The number of aromatic hydroxyl groups is 1. The Morgan fingerprint density at radius 3 is 1.87 bits per heavy atom. The fraction of sp³-hybridized carbons (Fsp3) is 0.325. The van der Waals surface area contributed by atoms with Gasteiger partial charge in [-0.25, -0.2) is 23.6 Å². The van der Waals surface area contributed by atoms with Gasteiger partial charge in [-0.2, -0.15) is 0 Å². The van der Waals surface area contributed by atoms with E-state index in [2.05, 4.69) is 0 Å². The Morgan fingerprint density at radius 2 is 1.30 bits per heavy atom. The number of esters is 3. The Bertz CT molecular complexity index is 2180. The molecule has 0 radical (unpaired) electrons. The summed E-state index contributed by atoms with van der Waals surface area (Å²) in [4.78, 5) is 64.3. The van der Waals surface area contributed by atoms with Crippen molar-refractivity contribution in [1.29, 1.82) is 0 Å². The molecule has 0 saturated heterocycles. The summed E-state index contributed by atoms with van der Waals surface area (Å²) in [5, 5.41) is 32.2. The first kappa shape index (κ1) is 40.0. The summed E-state index contributed by atoms with van der Waals surface area (Å²) >= 11 is 0. The van der Waals surface area contributed by atoms with Gasteiger partial charge in [-0.15, -0.1) is 0 Å². The van der Waals surface area contributed by atoms with Crippen molar-refractivity contribution >= 4 is 29.7 Å². The predicted octanol–water partition coefficient (Wildman–Crippen LogP) is 6.39. The highest BCUT2D eigenvalue weighted by Gasteiger charge is 2.48. The zero-order valence-corrected chi connectivity index (χ0v) is 31.3. The van der Waals surface area contributed by atoms with Crippen LogP contribution in [0, 0.1) is 61.2 Å². The first-order valence-corrected chi connectivity index (χ1v) is 16.5. The van der Waals surface area contributed by atoms with Crippen LogP contribution < -0.4 is 14.2 Å². The number of carbonyl (C=O) groups excluding carboxylic acids is 4. The average Bonchev–Trinajstić information content (AvgIpc) is 3.08. The van der Waals surface area contributed by atoms with E-state index in [4.69, 9.17) is 18.9 Å². The van der Waals surface area contributed by atoms with Crippen molar-refractivity contribution in [2.75, 3.05) is 7.11 Å². The number of aryl methyl sites for hydroxylation is 1. The number of carboxylic acid groups (broad SMARTS) is 1. The quantitative estimate of drug-likeness (QED) is 0.163. The second-order valence-electron chi connectivity index (χ2n) is 13.0. The minimum atomic E-state index is -2.52. The Balaban J connectivity index is 1.67. The molecular formula is C40H41FO12. The number of phenols is 1. The molecule has 0 unspecified atom stereocenters. The van der Waals surface area contributed by atoms with Gasteiger partial charge >= 0.3 is 23.9 Å². The van der Waals surface area contributed by atoms with E-state index in [1.54, 1.807) is 27.7 Å². The van der Waals surface area contributed by atoms with E-state index in [1.165, 1.54) is 47.6 Å². The van der Waals surface area contributed by atoms with Gasteiger partial charge in [0.15, 0.2) is 17.3 Å². The predicted molar refractivity (Wildman–Crippen MR) is 190 cm³/mol. The van der Waals surface area contributed by atoms with E-state index in [-0.39, 0.29) is 61.6 Å². The number of hydrogen-bond acceptors (Lipinski definition) is 11. The summed E-state index contributed by atoms with van der Waals surface area (Å²) in [6, 6.07) is 1.34. The van der Waals surface area contributed by atoms with E-state index in [0.29, 0.717) is 28.7 Å². The number of ether oxygens (including phenoxy) is 4. The van der Waals surface area contributed by atoms with Gasteiger partial charge < -0.3 is 34.3 Å². The highest BCUT2D eigenvalue weighted by Crippen LogP contribution is 2.40. The summed E-state index contributed by atoms with van der Waals surface area (Å²) in [6.45, 7) is 15.0. The third kappa shape index (κ3) is 6.68. The number of phenolic OH excluding ortho intramolecular Hbond substituents is 1. The number of allylic oxidation sites excluding steroid dienone is 2. The van der Waals surface area contributed by atoms with Crippen molar-refractivity contribution in [3.8, 4) is 23.0 Å². The lowest BCUT2D eigenvalue weighted by molar-refractivity contribution is -0.151. The maximum Gasteiger partial charge on any atom is 0.356 e. The lowest BCUT2D eigenvalue weighted by Gasteiger charge is -2.30. The zero-order valence-electron chi connectivity index (χ0n) is 31.3. The second-order valence-corrected chi connectivity index (χ2v) is 13.0. The first-order chi connectivity index (χ1) is 24.6. The second kappa shape index (κ2) is 14.7. The van der Waals surface area contributed by atoms with Crippen LogP contribution in [-0.4, -0.2) is 57.7 Å². The maximum absolute atomic E-state index is 15.9. The van der Waals surface area contributed by atoms with Crippen molar-refractivity contribution in [2.45, 2.75) is 81.3 Å². The molecule has 13 heteroatoms. The highest BCUT2D eigenvalue weighted by molar-refractivity contribution is 6.06. The fourth-order valence-corrected chi connectivity index (χ4v) is 6.53. The number of halogens is 1. The number of hydrogen-bond donors (Lipinski definition) is 3. The lowest BCUT2D eigenvalue weighted by atomic mass is 9.87. The molecule has 4 rings (SSSR count). The molecule has 1 atom stereocenters. The standard InChI is InChI=1S/C40H41FO12/c1-12-26-22(8)30(36(44)45)18(4)20(6)34(26)52-37(46)29-16(2)13-27(23(9)33(29)43)51-38(47)31-19(5)21(7)35(32(41)24(31)10)53-39(48)40(49)17(3)14-25(42)15-28(40)50-11/h13-15,43,49H,12H2,1-11H3,(H,44,45)/t40-/m1/s1. The third-order valence-corrected chi connectivity index (χ3v) is 9.91. The minimum absolute atomic E-state index is 0.000364. The van der Waals surface area contributed by atoms with Gasteiger partial charge in [0.1, 0.15) is 28.6 Å². The van der Waals surface area contributed by atoms with Gasteiger partial charge in [0.2, 0.25) is 5.60 Å². The number of aliphatic hydroxyl groups is 1. The molecule has 0 fully saturated rings. The van der Waals surface area contributed by atoms with Crippen LogP contribution in [0.2, 0.25) is 0 Å². The molecule has 0 bridgehead atoms. The topological polar surface area (TPSA) is 183 Å². The van der Waals surface area contributed by atoms with Crippen LogP contribution in [-0.2, 0) is 20.7 Å². The Labute approximate surface area is 305 Å². The third-order valence-electron chi connectivity index (χ3n) is 9.91. The molecule has 12 nitrogen and oxygen atoms in total. The monoisotopic (exact) mass is 732 g/mol. The molecule has 0 heterocycles. The van der Waals surface area contributed by atoms with Crippen molar-refractivity contribution in [2.24, 2.45) is 0 Å². The van der Waals surface area contributed by atoms with Gasteiger partial charge in [-0.05, 0) is 125 Å². The highest BCUT2D eigenvalue weighted by atomic mass is 19.1. The molecule has 3 aromatic rings. The normalized spacial score (nSPS) is 15.4.